The number of pyridine rings is 1. The number of ether oxygens (including phenoxy) is 2. The number of benzene rings is 2. The van der Waals surface area contributed by atoms with E-state index in [0.717, 1.165) is 44.9 Å². The Kier molecular flexibility index (Phi) is 7.13. The lowest BCUT2D eigenvalue weighted by Crippen LogP contribution is -2.25. The molecular weight excluding hydrogens is 481 g/mol. The lowest BCUT2D eigenvalue weighted by molar-refractivity contribution is 0.401. The van der Waals surface area contributed by atoms with Gasteiger partial charge in [0.05, 0.1) is 26.2 Å². The van der Waals surface area contributed by atoms with E-state index >= 15 is 0 Å². The predicted molar refractivity (Wildman–Crippen MR) is 142 cm³/mol. The highest BCUT2D eigenvalue weighted by molar-refractivity contribution is 7.92. The third-order valence-corrected chi connectivity index (χ3v) is 7.87. The SMILES string of the molecule is COc1c(C)c(-c2ccc(NCC3CC3)c(F)c2)c(OC)c(C)c1-c1ccc(N(C)S(C)(=O)=O)nc1. The van der Waals surface area contributed by atoms with Crippen molar-refractivity contribution < 1.29 is 22.3 Å². The quantitative estimate of drug-likeness (QED) is 0.412. The Balaban J connectivity index is 1.79. The van der Waals surface area contributed by atoms with Crippen LogP contribution in [0.2, 0.25) is 0 Å². The number of aromatic nitrogens is 1. The van der Waals surface area contributed by atoms with Gasteiger partial charge in [0, 0.05) is 47.6 Å². The van der Waals surface area contributed by atoms with E-state index in [-0.39, 0.29) is 5.82 Å². The zero-order valence-corrected chi connectivity index (χ0v) is 22.3. The molecule has 1 N–H and O–H groups in total. The molecule has 7 nitrogen and oxygen atoms in total. The standard InChI is InChI=1S/C27H32FN3O4S/c1-16-24(19-9-11-22(21(28)13-19)29-14-18-7-8-18)26(34-4)17(2)25(27(16)35-5)20-10-12-23(30-15-20)31(3)36(6,32)33/h9-13,15,18,29H,7-8,14H2,1-6H3. The number of hydrogen-bond donors (Lipinski definition) is 1. The molecule has 0 radical (unpaired) electrons. The van der Waals surface area contributed by atoms with Crippen LogP contribution in [0.15, 0.2) is 36.5 Å². The van der Waals surface area contributed by atoms with Gasteiger partial charge in [-0.2, -0.15) is 0 Å². The van der Waals surface area contributed by atoms with Crippen molar-refractivity contribution in [2.75, 3.05) is 43.7 Å². The van der Waals surface area contributed by atoms with Crippen LogP contribution in [0.3, 0.4) is 0 Å². The first-order valence-electron chi connectivity index (χ1n) is 11.8. The largest absolute Gasteiger partial charge is 0.496 e. The highest BCUT2D eigenvalue weighted by Crippen LogP contribution is 2.48. The van der Waals surface area contributed by atoms with Gasteiger partial charge in [-0.05, 0) is 62.4 Å². The van der Waals surface area contributed by atoms with Gasteiger partial charge in [-0.3, -0.25) is 4.31 Å². The van der Waals surface area contributed by atoms with Crippen molar-refractivity contribution in [3.05, 3.63) is 53.5 Å². The van der Waals surface area contributed by atoms with Crippen molar-refractivity contribution in [3.63, 3.8) is 0 Å². The molecule has 4 rings (SSSR count). The Labute approximate surface area is 212 Å². The summed E-state index contributed by atoms with van der Waals surface area (Å²) >= 11 is 0. The maximum atomic E-state index is 15.0. The van der Waals surface area contributed by atoms with Crippen molar-refractivity contribution in [2.24, 2.45) is 5.92 Å². The Morgan fingerprint density at radius 3 is 2.08 bits per heavy atom. The molecule has 0 saturated heterocycles. The van der Waals surface area contributed by atoms with Crippen LogP contribution in [0.25, 0.3) is 22.3 Å². The fourth-order valence-corrected chi connectivity index (χ4v) is 4.88. The summed E-state index contributed by atoms with van der Waals surface area (Å²) in [6.07, 6.45) is 5.13. The topological polar surface area (TPSA) is 80.8 Å². The van der Waals surface area contributed by atoms with Gasteiger partial charge in [0.2, 0.25) is 10.0 Å². The molecule has 192 valence electrons. The van der Waals surface area contributed by atoms with E-state index in [1.54, 1.807) is 38.6 Å². The summed E-state index contributed by atoms with van der Waals surface area (Å²) in [5, 5.41) is 3.20. The molecule has 0 unspecified atom stereocenters. The van der Waals surface area contributed by atoms with E-state index < -0.39 is 10.0 Å². The molecule has 0 amide bonds. The number of methoxy groups -OCH3 is 2. The summed E-state index contributed by atoms with van der Waals surface area (Å²) in [5.41, 5.74) is 5.06. The number of rotatable bonds is 9. The number of nitrogens with zero attached hydrogens (tertiary/aromatic N) is 2. The molecule has 1 heterocycles. The molecule has 1 fully saturated rings. The summed E-state index contributed by atoms with van der Waals surface area (Å²) in [6.45, 7) is 4.61. The highest BCUT2D eigenvalue weighted by atomic mass is 32.2. The number of anilines is 2. The minimum atomic E-state index is -3.43. The molecule has 0 spiro atoms. The average molecular weight is 514 g/mol. The average Bonchev–Trinajstić information content (AvgIpc) is 3.67. The summed E-state index contributed by atoms with van der Waals surface area (Å²) in [6, 6.07) is 8.62. The van der Waals surface area contributed by atoms with Gasteiger partial charge in [-0.1, -0.05) is 6.07 Å². The molecule has 3 aromatic rings. The van der Waals surface area contributed by atoms with E-state index in [1.807, 2.05) is 19.9 Å². The molecular formula is C27H32FN3O4S. The maximum absolute atomic E-state index is 15.0. The van der Waals surface area contributed by atoms with E-state index in [9.17, 15) is 12.8 Å². The zero-order valence-electron chi connectivity index (χ0n) is 21.5. The van der Waals surface area contributed by atoms with Crippen molar-refractivity contribution in [2.45, 2.75) is 26.7 Å². The summed E-state index contributed by atoms with van der Waals surface area (Å²) in [4.78, 5) is 4.35. The van der Waals surface area contributed by atoms with Gasteiger partial charge >= 0.3 is 0 Å². The lowest BCUT2D eigenvalue weighted by atomic mass is 9.89. The third kappa shape index (κ3) is 4.97. The van der Waals surface area contributed by atoms with Gasteiger partial charge in [0.1, 0.15) is 23.1 Å². The lowest BCUT2D eigenvalue weighted by Gasteiger charge is -2.23. The van der Waals surface area contributed by atoms with Crippen LogP contribution in [0.5, 0.6) is 11.5 Å². The molecule has 36 heavy (non-hydrogen) atoms. The molecule has 0 aliphatic heterocycles. The van der Waals surface area contributed by atoms with E-state index in [2.05, 4.69) is 10.3 Å². The Hall–Kier alpha value is -3.33. The second-order valence-electron chi connectivity index (χ2n) is 9.22. The molecule has 1 aliphatic carbocycles. The summed E-state index contributed by atoms with van der Waals surface area (Å²) in [5.74, 6) is 1.86. The minimum absolute atomic E-state index is 0.309. The Bertz CT molecular complexity index is 1390. The van der Waals surface area contributed by atoms with Gasteiger partial charge in [-0.25, -0.2) is 17.8 Å². The van der Waals surface area contributed by atoms with Crippen molar-refractivity contribution in [1.29, 1.82) is 0 Å². The second-order valence-corrected chi connectivity index (χ2v) is 11.2. The van der Waals surface area contributed by atoms with Crippen molar-refractivity contribution in [1.82, 2.24) is 4.98 Å². The summed E-state index contributed by atoms with van der Waals surface area (Å²) in [7, 11) is 1.21. The number of hydrogen-bond acceptors (Lipinski definition) is 6. The zero-order chi connectivity index (χ0) is 26.2. The van der Waals surface area contributed by atoms with Crippen LogP contribution >= 0.6 is 0 Å². The van der Waals surface area contributed by atoms with Crippen molar-refractivity contribution in [3.8, 4) is 33.8 Å². The van der Waals surface area contributed by atoms with Gasteiger partial charge in [-0.15, -0.1) is 0 Å². The Morgan fingerprint density at radius 1 is 1.03 bits per heavy atom. The van der Waals surface area contributed by atoms with Crippen LogP contribution in [-0.4, -0.2) is 47.5 Å². The summed E-state index contributed by atoms with van der Waals surface area (Å²) < 4.78 is 51.5. The van der Waals surface area contributed by atoms with E-state index in [4.69, 9.17) is 9.47 Å². The molecule has 1 aromatic heterocycles. The number of halogens is 1. The van der Waals surface area contributed by atoms with Crippen LogP contribution in [0.4, 0.5) is 15.9 Å². The minimum Gasteiger partial charge on any atom is -0.496 e. The highest BCUT2D eigenvalue weighted by Gasteiger charge is 2.25. The van der Waals surface area contributed by atoms with E-state index in [0.29, 0.717) is 34.5 Å². The van der Waals surface area contributed by atoms with Crippen molar-refractivity contribution >= 4 is 21.5 Å². The van der Waals surface area contributed by atoms with E-state index in [1.165, 1.54) is 26.0 Å². The van der Waals surface area contributed by atoms with Crippen LogP contribution < -0.4 is 19.1 Å². The number of sulfonamides is 1. The normalized spacial score (nSPS) is 13.4. The molecule has 0 bridgehead atoms. The second kappa shape index (κ2) is 9.97. The predicted octanol–water partition coefficient (Wildman–Crippen LogP) is 5.41. The van der Waals surface area contributed by atoms with Gasteiger partial charge in [0.25, 0.3) is 0 Å². The van der Waals surface area contributed by atoms with Crippen LogP contribution in [-0.2, 0) is 10.0 Å². The smallest absolute Gasteiger partial charge is 0.233 e. The first-order valence-corrected chi connectivity index (χ1v) is 13.6. The van der Waals surface area contributed by atoms with Crippen LogP contribution in [0, 0.1) is 25.6 Å². The first kappa shape index (κ1) is 25.8. The molecule has 2 aromatic carbocycles. The molecule has 9 heteroatoms. The van der Waals surface area contributed by atoms with Gasteiger partial charge in [0.15, 0.2) is 0 Å². The van der Waals surface area contributed by atoms with Crippen LogP contribution in [0.1, 0.15) is 24.0 Å². The van der Waals surface area contributed by atoms with Gasteiger partial charge < -0.3 is 14.8 Å². The Morgan fingerprint density at radius 2 is 1.61 bits per heavy atom. The molecule has 0 atom stereocenters. The molecule has 1 saturated carbocycles. The fourth-order valence-electron chi connectivity index (χ4n) is 4.43. The maximum Gasteiger partial charge on any atom is 0.233 e. The molecule has 1 aliphatic rings. The third-order valence-electron chi connectivity index (χ3n) is 6.69. The first-order chi connectivity index (χ1) is 17.1. The number of nitrogens with one attached hydrogen (secondary N) is 1. The monoisotopic (exact) mass is 513 g/mol. The fraction of sp³-hybridized carbons (Fsp3) is 0.370.